The molecule has 1 atom stereocenters. The van der Waals surface area contributed by atoms with Crippen molar-refractivity contribution in [3.05, 3.63) is 60.2 Å². The predicted octanol–water partition coefficient (Wildman–Crippen LogP) is 3.21. The van der Waals surface area contributed by atoms with Crippen LogP contribution in [0.25, 0.3) is 11.1 Å². The monoisotopic (exact) mass is 304 g/mol. The van der Waals surface area contributed by atoms with Crippen LogP contribution in [-0.4, -0.2) is 24.5 Å². The number of hydrogen-bond donors (Lipinski definition) is 1. The van der Waals surface area contributed by atoms with Gasteiger partial charge < -0.3 is 5.11 Å². The molecule has 0 aliphatic rings. The van der Waals surface area contributed by atoms with Crippen molar-refractivity contribution in [1.29, 1.82) is 0 Å². The predicted molar refractivity (Wildman–Crippen MR) is 85.8 cm³/mol. The Balaban J connectivity index is 2.32. The summed E-state index contributed by atoms with van der Waals surface area (Å²) in [7, 11) is -3.36. The molecule has 1 N–H and O–H groups in total. The molecule has 0 radical (unpaired) electrons. The van der Waals surface area contributed by atoms with E-state index in [2.05, 4.69) is 0 Å². The zero-order chi connectivity index (χ0) is 15.7. The van der Waals surface area contributed by atoms with Gasteiger partial charge >= 0.3 is 0 Å². The Morgan fingerprint density at radius 2 is 1.38 bits per heavy atom. The summed E-state index contributed by atoms with van der Waals surface area (Å²) in [6.07, 6.45) is 0.0893. The lowest BCUT2D eigenvalue weighted by Gasteiger charge is -2.29. The van der Waals surface area contributed by atoms with Gasteiger partial charge in [-0.1, -0.05) is 54.6 Å². The van der Waals surface area contributed by atoms with E-state index < -0.39 is 20.7 Å². The molecule has 4 heteroatoms. The third-order valence-electron chi connectivity index (χ3n) is 3.95. The highest BCUT2D eigenvalue weighted by atomic mass is 32.2. The van der Waals surface area contributed by atoms with Crippen molar-refractivity contribution in [3.63, 3.8) is 0 Å². The van der Waals surface area contributed by atoms with Crippen molar-refractivity contribution in [1.82, 2.24) is 0 Å². The first-order valence-electron chi connectivity index (χ1n) is 6.76. The number of aliphatic hydroxyl groups is 1. The van der Waals surface area contributed by atoms with Crippen molar-refractivity contribution in [2.45, 2.75) is 24.7 Å². The maximum absolute atomic E-state index is 11.8. The first-order chi connectivity index (χ1) is 9.73. The van der Waals surface area contributed by atoms with Gasteiger partial charge in [0.1, 0.15) is 0 Å². The van der Waals surface area contributed by atoms with E-state index in [1.807, 2.05) is 42.5 Å². The molecule has 3 nitrogen and oxygen atoms in total. The van der Waals surface area contributed by atoms with Crippen LogP contribution < -0.4 is 0 Å². The fourth-order valence-corrected chi connectivity index (χ4v) is 2.63. The lowest BCUT2D eigenvalue weighted by Crippen LogP contribution is -2.37. The summed E-state index contributed by atoms with van der Waals surface area (Å²) in [6, 6.07) is 17.2. The molecule has 2 aromatic rings. The molecule has 21 heavy (non-hydrogen) atoms. The molecule has 0 saturated carbocycles. The minimum absolute atomic E-state index is 0.602. The minimum Gasteiger partial charge on any atom is -0.387 e. The Bertz CT molecular complexity index is 701. The summed E-state index contributed by atoms with van der Waals surface area (Å²) in [4.78, 5) is 0. The molecular weight excluding hydrogens is 284 g/mol. The van der Waals surface area contributed by atoms with Crippen LogP contribution in [0.4, 0.5) is 0 Å². The van der Waals surface area contributed by atoms with Crippen LogP contribution in [0.5, 0.6) is 0 Å². The fourth-order valence-electron chi connectivity index (χ4n) is 2.09. The molecule has 0 saturated heterocycles. The molecule has 2 rings (SSSR count). The van der Waals surface area contributed by atoms with Crippen molar-refractivity contribution >= 4 is 9.84 Å². The van der Waals surface area contributed by atoms with Crippen molar-refractivity contribution in [2.24, 2.45) is 0 Å². The van der Waals surface area contributed by atoms with E-state index in [0.717, 1.165) is 17.4 Å². The lowest BCUT2D eigenvalue weighted by molar-refractivity contribution is 0.139. The van der Waals surface area contributed by atoms with Gasteiger partial charge in [-0.25, -0.2) is 8.42 Å². The maximum Gasteiger partial charge on any atom is 0.155 e. The molecule has 0 amide bonds. The van der Waals surface area contributed by atoms with Crippen molar-refractivity contribution in [2.75, 3.05) is 6.26 Å². The average Bonchev–Trinajstić information content (AvgIpc) is 2.46. The third kappa shape index (κ3) is 3.17. The second-order valence-electron chi connectivity index (χ2n) is 5.77. The first-order valence-corrected chi connectivity index (χ1v) is 8.65. The van der Waals surface area contributed by atoms with E-state index in [0.29, 0.717) is 5.56 Å². The molecular formula is C17H20O3S. The van der Waals surface area contributed by atoms with Gasteiger partial charge in [-0.3, -0.25) is 0 Å². The molecule has 0 spiro atoms. The van der Waals surface area contributed by atoms with Crippen LogP contribution in [-0.2, 0) is 9.84 Å². The number of sulfone groups is 1. The van der Waals surface area contributed by atoms with Gasteiger partial charge in [-0.2, -0.15) is 0 Å². The van der Waals surface area contributed by atoms with Crippen LogP contribution in [0.2, 0.25) is 0 Å². The summed E-state index contributed by atoms with van der Waals surface area (Å²) in [5, 5.41) is 10.4. The van der Waals surface area contributed by atoms with Gasteiger partial charge in [0.15, 0.2) is 9.84 Å². The average molecular weight is 304 g/mol. The van der Waals surface area contributed by atoms with E-state index in [9.17, 15) is 13.5 Å². The number of rotatable bonds is 4. The van der Waals surface area contributed by atoms with Crippen LogP contribution >= 0.6 is 0 Å². The number of aliphatic hydroxyl groups excluding tert-OH is 1. The van der Waals surface area contributed by atoms with E-state index >= 15 is 0 Å². The molecule has 0 heterocycles. The van der Waals surface area contributed by atoms with Gasteiger partial charge in [-0.05, 0) is 30.5 Å². The Morgan fingerprint density at radius 1 is 0.905 bits per heavy atom. The second-order valence-corrected chi connectivity index (χ2v) is 8.36. The zero-order valence-electron chi connectivity index (χ0n) is 12.4. The minimum atomic E-state index is -3.36. The van der Waals surface area contributed by atoms with Gasteiger partial charge in [0, 0.05) is 6.26 Å². The van der Waals surface area contributed by atoms with E-state index in [-0.39, 0.29) is 0 Å². The zero-order valence-corrected chi connectivity index (χ0v) is 13.3. The van der Waals surface area contributed by atoms with Gasteiger partial charge in [-0.15, -0.1) is 0 Å². The maximum atomic E-state index is 11.8. The standard InChI is InChI=1S/C17H20O3S/c1-17(2,21(3,19)20)16(18)15-11-9-14(10-12-15)13-7-5-4-6-8-13/h4-12,16,18H,1-3H3. The lowest BCUT2D eigenvalue weighted by atomic mass is 9.96. The third-order valence-corrected chi connectivity index (χ3v) is 6.08. The van der Waals surface area contributed by atoms with Crippen LogP contribution in [0, 0.1) is 0 Å². The second kappa shape index (κ2) is 5.62. The largest absolute Gasteiger partial charge is 0.387 e. The molecule has 2 aromatic carbocycles. The fraction of sp³-hybridized carbons (Fsp3) is 0.294. The molecule has 112 valence electrons. The summed E-state index contributed by atoms with van der Waals surface area (Å²) < 4.78 is 22.4. The van der Waals surface area contributed by atoms with E-state index in [4.69, 9.17) is 0 Å². The molecule has 0 aromatic heterocycles. The van der Waals surface area contributed by atoms with Gasteiger partial charge in [0.2, 0.25) is 0 Å². The first kappa shape index (κ1) is 15.7. The highest BCUT2D eigenvalue weighted by molar-refractivity contribution is 7.92. The highest BCUT2D eigenvalue weighted by Gasteiger charge is 2.38. The Kier molecular flexibility index (Phi) is 4.21. The van der Waals surface area contributed by atoms with Crippen LogP contribution in [0.3, 0.4) is 0 Å². The quantitative estimate of drug-likeness (QED) is 0.943. The Hall–Kier alpha value is -1.65. The number of hydrogen-bond acceptors (Lipinski definition) is 3. The van der Waals surface area contributed by atoms with Gasteiger partial charge in [0.05, 0.1) is 10.9 Å². The highest BCUT2D eigenvalue weighted by Crippen LogP contribution is 2.33. The molecule has 0 aliphatic carbocycles. The van der Waals surface area contributed by atoms with Crippen LogP contribution in [0.15, 0.2) is 54.6 Å². The molecule has 1 unspecified atom stereocenters. The Morgan fingerprint density at radius 3 is 1.86 bits per heavy atom. The topological polar surface area (TPSA) is 54.4 Å². The molecule has 0 fully saturated rings. The SMILES string of the molecule is CC(C)(C(O)c1ccc(-c2ccccc2)cc1)S(C)(=O)=O. The summed E-state index contributed by atoms with van der Waals surface area (Å²) in [6.45, 7) is 3.08. The summed E-state index contributed by atoms with van der Waals surface area (Å²) in [5.74, 6) is 0. The van der Waals surface area contributed by atoms with Crippen molar-refractivity contribution in [3.8, 4) is 11.1 Å². The van der Waals surface area contributed by atoms with E-state index in [1.54, 1.807) is 12.1 Å². The van der Waals surface area contributed by atoms with Crippen molar-refractivity contribution < 1.29 is 13.5 Å². The normalized spacial score (nSPS) is 13.9. The van der Waals surface area contributed by atoms with Gasteiger partial charge in [0.25, 0.3) is 0 Å². The Labute approximate surface area is 126 Å². The molecule has 0 bridgehead atoms. The summed E-state index contributed by atoms with van der Waals surface area (Å²) >= 11 is 0. The van der Waals surface area contributed by atoms with Crippen LogP contribution in [0.1, 0.15) is 25.5 Å². The number of benzene rings is 2. The summed E-state index contributed by atoms with van der Waals surface area (Å²) in [5.41, 5.74) is 2.72. The molecule has 0 aliphatic heterocycles. The smallest absolute Gasteiger partial charge is 0.155 e. The van der Waals surface area contributed by atoms with E-state index in [1.165, 1.54) is 13.8 Å².